The lowest BCUT2D eigenvalue weighted by atomic mass is 10.0. The minimum Gasteiger partial charge on any atom is -0.496 e. The van der Waals surface area contributed by atoms with Gasteiger partial charge in [-0.25, -0.2) is 4.98 Å². The van der Waals surface area contributed by atoms with Crippen molar-refractivity contribution in [2.45, 2.75) is 26.4 Å². The Bertz CT molecular complexity index is 788. The molecule has 1 aromatic heterocycles. The maximum atomic E-state index is 12.6. The van der Waals surface area contributed by atoms with Gasteiger partial charge in [-0.1, -0.05) is 37.6 Å². The summed E-state index contributed by atoms with van der Waals surface area (Å²) in [5.74, 6) is 0.329. The van der Waals surface area contributed by atoms with Crippen LogP contribution >= 0.6 is 11.6 Å². The lowest BCUT2D eigenvalue weighted by Gasteiger charge is -2.22. The summed E-state index contributed by atoms with van der Waals surface area (Å²) in [5, 5.41) is 6.06. The van der Waals surface area contributed by atoms with E-state index in [1.807, 2.05) is 13.8 Å². The molecule has 7 nitrogen and oxygen atoms in total. The molecule has 1 heterocycles. The predicted molar refractivity (Wildman–Crippen MR) is 99.2 cm³/mol. The number of hydrogen-bond acceptors (Lipinski definition) is 4. The van der Waals surface area contributed by atoms with Crippen LogP contribution in [0, 0.1) is 5.92 Å². The van der Waals surface area contributed by atoms with Gasteiger partial charge in [-0.3, -0.25) is 9.59 Å². The Hall–Kier alpha value is -2.54. The highest BCUT2D eigenvalue weighted by Gasteiger charge is 2.26. The number of aromatic nitrogens is 2. The Morgan fingerprint density at radius 1 is 1.31 bits per heavy atom. The number of imidazole rings is 1. The van der Waals surface area contributed by atoms with Gasteiger partial charge in [-0.2, -0.15) is 0 Å². The lowest BCUT2D eigenvalue weighted by molar-refractivity contribution is -0.124. The average Bonchev–Trinajstić information content (AvgIpc) is 2.95. The number of methoxy groups -OCH3 is 1. The Balaban J connectivity index is 2.06. The minimum absolute atomic E-state index is 0.0985. The number of amides is 2. The van der Waals surface area contributed by atoms with Crippen molar-refractivity contribution in [1.29, 1.82) is 0 Å². The van der Waals surface area contributed by atoms with Crippen molar-refractivity contribution in [1.82, 2.24) is 20.2 Å². The van der Waals surface area contributed by atoms with Gasteiger partial charge in [0.1, 0.15) is 22.8 Å². The molecule has 140 valence electrons. The van der Waals surface area contributed by atoms with Crippen LogP contribution in [0.3, 0.4) is 0 Å². The van der Waals surface area contributed by atoms with Gasteiger partial charge in [-0.05, 0) is 18.1 Å². The van der Waals surface area contributed by atoms with E-state index in [2.05, 4.69) is 15.6 Å². The van der Waals surface area contributed by atoms with E-state index in [1.165, 1.54) is 13.3 Å². The average molecular weight is 379 g/mol. The zero-order valence-corrected chi connectivity index (χ0v) is 16.0. The second kappa shape index (κ2) is 8.71. The smallest absolute Gasteiger partial charge is 0.255 e. The SMILES string of the molecule is COc1ccccc1C(=O)N[C@H](C(=O)NCc1ncc(Cl)n1C)C(C)C. The highest BCUT2D eigenvalue weighted by molar-refractivity contribution is 6.29. The highest BCUT2D eigenvalue weighted by Crippen LogP contribution is 2.17. The highest BCUT2D eigenvalue weighted by atomic mass is 35.5. The Morgan fingerprint density at radius 3 is 2.58 bits per heavy atom. The van der Waals surface area contributed by atoms with Gasteiger partial charge in [0.2, 0.25) is 5.91 Å². The third-order valence-electron chi connectivity index (χ3n) is 4.04. The van der Waals surface area contributed by atoms with Crippen LogP contribution in [0.15, 0.2) is 30.5 Å². The van der Waals surface area contributed by atoms with Gasteiger partial charge in [-0.15, -0.1) is 0 Å². The molecule has 0 aliphatic heterocycles. The molecule has 0 fully saturated rings. The molecule has 0 aliphatic rings. The molecule has 1 atom stereocenters. The standard InChI is InChI=1S/C18H23ClN4O3/c1-11(2)16(18(25)21-10-15-20-9-14(19)23(15)3)22-17(24)12-7-5-6-8-13(12)26-4/h5-9,11,16H,10H2,1-4H3,(H,21,25)(H,22,24)/t16-/m0/s1. The summed E-state index contributed by atoms with van der Waals surface area (Å²) in [6, 6.07) is 6.18. The lowest BCUT2D eigenvalue weighted by Crippen LogP contribution is -2.49. The topological polar surface area (TPSA) is 85.2 Å². The first-order chi connectivity index (χ1) is 12.3. The monoisotopic (exact) mass is 378 g/mol. The number of benzene rings is 1. The zero-order valence-electron chi connectivity index (χ0n) is 15.2. The number of halogens is 1. The number of rotatable bonds is 7. The molecule has 1 aromatic carbocycles. The van der Waals surface area contributed by atoms with E-state index in [0.29, 0.717) is 22.3 Å². The molecule has 2 N–H and O–H groups in total. The van der Waals surface area contributed by atoms with Gasteiger partial charge >= 0.3 is 0 Å². The zero-order chi connectivity index (χ0) is 19.3. The summed E-state index contributed by atoms with van der Waals surface area (Å²) in [6.07, 6.45) is 1.52. The van der Waals surface area contributed by atoms with Gasteiger partial charge < -0.3 is 19.9 Å². The summed E-state index contributed by atoms with van der Waals surface area (Å²) >= 11 is 5.94. The molecule has 2 amide bonds. The number of nitrogens with one attached hydrogen (secondary N) is 2. The van der Waals surface area contributed by atoms with Crippen molar-refractivity contribution in [3.63, 3.8) is 0 Å². The largest absolute Gasteiger partial charge is 0.496 e. The number of carbonyl (C=O) groups excluding carboxylic acids is 2. The van der Waals surface area contributed by atoms with Crippen LogP contribution in [0.5, 0.6) is 5.75 Å². The Kier molecular flexibility index (Phi) is 6.63. The molecular formula is C18H23ClN4O3. The van der Waals surface area contributed by atoms with Crippen LogP contribution in [-0.2, 0) is 18.4 Å². The minimum atomic E-state index is -0.692. The normalized spacial score (nSPS) is 11.9. The third kappa shape index (κ3) is 4.54. The number of para-hydroxylation sites is 1. The fourth-order valence-electron chi connectivity index (χ4n) is 2.45. The van der Waals surface area contributed by atoms with E-state index in [4.69, 9.17) is 16.3 Å². The molecule has 0 saturated heterocycles. The van der Waals surface area contributed by atoms with Crippen molar-refractivity contribution < 1.29 is 14.3 Å². The second-order valence-corrected chi connectivity index (χ2v) is 6.56. The van der Waals surface area contributed by atoms with E-state index in [-0.39, 0.29) is 24.3 Å². The fraction of sp³-hybridized carbons (Fsp3) is 0.389. The summed E-state index contributed by atoms with van der Waals surface area (Å²) in [6.45, 7) is 3.95. The molecule has 0 radical (unpaired) electrons. The van der Waals surface area contributed by atoms with Crippen LogP contribution < -0.4 is 15.4 Å². The Morgan fingerprint density at radius 2 is 2.00 bits per heavy atom. The molecule has 2 rings (SSSR count). The first-order valence-corrected chi connectivity index (χ1v) is 8.60. The number of hydrogen-bond donors (Lipinski definition) is 2. The molecule has 26 heavy (non-hydrogen) atoms. The summed E-state index contributed by atoms with van der Waals surface area (Å²) < 4.78 is 6.89. The van der Waals surface area contributed by atoms with Crippen LogP contribution in [0.2, 0.25) is 5.15 Å². The van der Waals surface area contributed by atoms with Gasteiger partial charge in [0.25, 0.3) is 5.91 Å². The molecule has 0 bridgehead atoms. The molecular weight excluding hydrogens is 356 g/mol. The molecule has 0 spiro atoms. The van der Waals surface area contributed by atoms with Crippen molar-refractivity contribution in [2.75, 3.05) is 7.11 Å². The summed E-state index contributed by atoms with van der Waals surface area (Å²) in [7, 11) is 3.26. The number of nitrogens with zero attached hydrogens (tertiary/aromatic N) is 2. The first-order valence-electron chi connectivity index (χ1n) is 8.22. The first kappa shape index (κ1) is 19.8. The van der Waals surface area contributed by atoms with Crippen molar-refractivity contribution in [3.05, 3.63) is 47.0 Å². The summed E-state index contributed by atoms with van der Waals surface area (Å²) in [5.41, 5.74) is 0.379. The predicted octanol–water partition coefficient (Wildman–Crippen LogP) is 2.15. The Labute approximate surface area is 157 Å². The maximum absolute atomic E-state index is 12.6. The molecule has 0 saturated carbocycles. The van der Waals surface area contributed by atoms with E-state index in [0.717, 1.165) is 0 Å². The molecule has 0 unspecified atom stereocenters. The van der Waals surface area contributed by atoms with Crippen LogP contribution in [0.1, 0.15) is 30.0 Å². The van der Waals surface area contributed by atoms with Crippen LogP contribution in [0.4, 0.5) is 0 Å². The second-order valence-electron chi connectivity index (χ2n) is 6.17. The maximum Gasteiger partial charge on any atom is 0.255 e. The van der Waals surface area contributed by atoms with Crippen molar-refractivity contribution in [3.8, 4) is 5.75 Å². The van der Waals surface area contributed by atoms with E-state index in [1.54, 1.807) is 35.9 Å². The summed E-state index contributed by atoms with van der Waals surface area (Å²) in [4.78, 5) is 29.3. The molecule has 2 aromatic rings. The molecule has 0 aliphatic carbocycles. The van der Waals surface area contributed by atoms with E-state index < -0.39 is 6.04 Å². The van der Waals surface area contributed by atoms with Gasteiger partial charge in [0, 0.05) is 7.05 Å². The number of carbonyl (C=O) groups is 2. The van der Waals surface area contributed by atoms with Gasteiger partial charge in [0.15, 0.2) is 0 Å². The van der Waals surface area contributed by atoms with Crippen LogP contribution in [0.25, 0.3) is 0 Å². The van der Waals surface area contributed by atoms with Crippen LogP contribution in [-0.4, -0.2) is 34.5 Å². The third-order valence-corrected chi connectivity index (χ3v) is 4.39. The molecule has 8 heteroatoms. The van der Waals surface area contributed by atoms with Gasteiger partial charge in [0.05, 0.1) is 25.4 Å². The number of ether oxygens (including phenoxy) is 1. The fourth-order valence-corrected chi connectivity index (χ4v) is 2.60. The van der Waals surface area contributed by atoms with E-state index in [9.17, 15) is 9.59 Å². The van der Waals surface area contributed by atoms with E-state index >= 15 is 0 Å². The quantitative estimate of drug-likeness (QED) is 0.773. The van der Waals surface area contributed by atoms with Crippen molar-refractivity contribution >= 4 is 23.4 Å². The van der Waals surface area contributed by atoms with Crippen molar-refractivity contribution in [2.24, 2.45) is 13.0 Å².